The molecule has 0 N–H and O–H groups in total. The Kier molecular flexibility index (Phi) is 5.36. The highest BCUT2D eigenvalue weighted by atomic mass is 32.2. The minimum atomic E-state index is -0.0209. The first kappa shape index (κ1) is 15.1. The molecule has 0 aliphatic carbocycles. The van der Waals surface area contributed by atoms with E-state index in [1.165, 1.54) is 4.90 Å². The molecule has 2 nitrogen and oxygen atoms in total. The number of ketones is 1. The van der Waals surface area contributed by atoms with Crippen molar-refractivity contribution in [2.24, 2.45) is 0 Å². The lowest BCUT2D eigenvalue weighted by Crippen LogP contribution is -1.93. The van der Waals surface area contributed by atoms with Crippen molar-refractivity contribution in [1.82, 2.24) is 0 Å². The van der Waals surface area contributed by atoms with Crippen LogP contribution in [0.15, 0.2) is 59.5 Å². The number of allylic oxidation sites excluding steroid dienone is 1. The van der Waals surface area contributed by atoms with Crippen LogP contribution in [0.5, 0.6) is 0 Å². The lowest BCUT2D eigenvalue weighted by atomic mass is 10.1. The molecule has 21 heavy (non-hydrogen) atoms. The van der Waals surface area contributed by atoms with Crippen LogP contribution in [0.4, 0.5) is 0 Å². The predicted molar refractivity (Wildman–Crippen MR) is 87.4 cm³/mol. The Morgan fingerprint density at radius 3 is 2.38 bits per heavy atom. The zero-order chi connectivity index (χ0) is 15.1. The molecule has 2 rings (SSSR count). The fraction of sp³-hybridized carbons (Fsp3) is 0.111. The van der Waals surface area contributed by atoms with E-state index in [0.717, 1.165) is 11.3 Å². The molecule has 0 unspecified atom stereocenters. The van der Waals surface area contributed by atoms with E-state index in [-0.39, 0.29) is 5.78 Å². The van der Waals surface area contributed by atoms with E-state index in [0.29, 0.717) is 11.1 Å². The van der Waals surface area contributed by atoms with Crippen molar-refractivity contribution in [2.45, 2.75) is 11.8 Å². The van der Waals surface area contributed by atoms with E-state index in [1.807, 2.05) is 36.4 Å². The molecule has 0 atom stereocenters. The van der Waals surface area contributed by atoms with Gasteiger partial charge in [-0.05, 0) is 53.8 Å². The van der Waals surface area contributed by atoms with Crippen LogP contribution in [-0.4, -0.2) is 11.5 Å². The molecule has 2 aromatic rings. The Hall–Kier alpha value is -2.31. The Balaban J connectivity index is 2.06. The van der Waals surface area contributed by atoms with Gasteiger partial charge < -0.3 is 0 Å². The van der Waals surface area contributed by atoms with Crippen LogP contribution < -0.4 is 0 Å². The van der Waals surface area contributed by atoms with E-state index in [4.69, 9.17) is 5.26 Å². The van der Waals surface area contributed by atoms with Gasteiger partial charge in [-0.25, -0.2) is 0 Å². The normalized spacial score (nSPS) is 10.5. The van der Waals surface area contributed by atoms with Crippen molar-refractivity contribution in [2.75, 3.05) is 5.75 Å². The maximum atomic E-state index is 12.1. The van der Waals surface area contributed by atoms with Gasteiger partial charge in [0.05, 0.1) is 11.6 Å². The number of nitriles is 1. The van der Waals surface area contributed by atoms with Crippen molar-refractivity contribution in [3.8, 4) is 6.07 Å². The average Bonchev–Trinajstić information content (AvgIpc) is 2.54. The molecule has 0 amide bonds. The van der Waals surface area contributed by atoms with Crippen LogP contribution in [0.2, 0.25) is 0 Å². The number of nitrogens with zero attached hydrogens (tertiary/aromatic N) is 1. The summed E-state index contributed by atoms with van der Waals surface area (Å²) in [4.78, 5) is 13.2. The summed E-state index contributed by atoms with van der Waals surface area (Å²) in [5.74, 6) is 0.999. The van der Waals surface area contributed by atoms with Crippen LogP contribution in [0.25, 0.3) is 6.08 Å². The summed E-state index contributed by atoms with van der Waals surface area (Å²) in [6, 6.07) is 16.8. The summed E-state index contributed by atoms with van der Waals surface area (Å²) in [7, 11) is 0. The smallest absolute Gasteiger partial charge is 0.185 e. The van der Waals surface area contributed by atoms with Gasteiger partial charge in [0.25, 0.3) is 0 Å². The summed E-state index contributed by atoms with van der Waals surface area (Å²) in [5.41, 5.74) is 2.20. The SMILES string of the molecule is CCSc1ccc(C(=O)C=Cc2ccc(C#N)cc2)cc1. The Morgan fingerprint density at radius 2 is 1.81 bits per heavy atom. The molecule has 0 aliphatic rings. The van der Waals surface area contributed by atoms with Crippen molar-refractivity contribution >= 4 is 23.6 Å². The molecule has 0 spiro atoms. The van der Waals surface area contributed by atoms with Crippen LogP contribution in [0, 0.1) is 11.3 Å². The Labute approximate surface area is 129 Å². The van der Waals surface area contributed by atoms with Gasteiger partial charge in [-0.3, -0.25) is 4.79 Å². The molecule has 0 radical (unpaired) electrons. The molecule has 0 aliphatic heterocycles. The van der Waals surface area contributed by atoms with Gasteiger partial charge in [-0.1, -0.05) is 25.1 Å². The van der Waals surface area contributed by atoms with Crippen molar-refractivity contribution in [3.05, 3.63) is 71.3 Å². The number of carbonyl (C=O) groups excluding carboxylic acids is 1. The zero-order valence-corrected chi connectivity index (χ0v) is 12.6. The molecule has 0 bridgehead atoms. The summed E-state index contributed by atoms with van der Waals surface area (Å²) >= 11 is 1.75. The third-order valence-electron chi connectivity index (χ3n) is 2.92. The lowest BCUT2D eigenvalue weighted by Gasteiger charge is -2.00. The molecule has 2 aromatic carbocycles. The first-order valence-corrected chi connectivity index (χ1v) is 7.67. The average molecular weight is 293 g/mol. The lowest BCUT2D eigenvalue weighted by molar-refractivity contribution is 0.104. The molecule has 0 saturated carbocycles. The number of hydrogen-bond donors (Lipinski definition) is 0. The largest absolute Gasteiger partial charge is 0.289 e. The Bertz CT molecular complexity index is 679. The van der Waals surface area contributed by atoms with Crippen LogP contribution >= 0.6 is 11.8 Å². The topological polar surface area (TPSA) is 40.9 Å². The second-order valence-corrected chi connectivity index (χ2v) is 5.73. The molecule has 0 aromatic heterocycles. The summed E-state index contributed by atoms with van der Waals surface area (Å²) in [5, 5.41) is 8.73. The number of hydrogen-bond acceptors (Lipinski definition) is 3. The van der Waals surface area contributed by atoms with Crippen molar-refractivity contribution in [3.63, 3.8) is 0 Å². The van der Waals surface area contributed by atoms with E-state index in [1.54, 1.807) is 36.0 Å². The first-order chi connectivity index (χ1) is 10.2. The highest BCUT2D eigenvalue weighted by molar-refractivity contribution is 7.99. The number of benzene rings is 2. The Morgan fingerprint density at radius 1 is 1.14 bits per heavy atom. The van der Waals surface area contributed by atoms with Gasteiger partial charge in [0.2, 0.25) is 0 Å². The fourth-order valence-corrected chi connectivity index (χ4v) is 2.48. The van der Waals surface area contributed by atoms with Crippen molar-refractivity contribution in [1.29, 1.82) is 5.26 Å². The highest BCUT2D eigenvalue weighted by Gasteiger charge is 2.01. The van der Waals surface area contributed by atoms with Gasteiger partial charge in [0.15, 0.2) is 5.78 Å². The molecular weight excluding hydrogens is 278 g/mol. The summed E-state index contributed by atoms with van der Waals surface area (Å²) in [6.07, 6.45) is 3.32. The van der Waals surface area contributed by atoms with Gasteiger partial charge in [-0.2, -0.15) is 5.26 Å². The first-order valence-electron chi connectivity index (χ1n) is 6.68. The number of rotatable bonds is 5. The third-order valence-corrected chi connectivity index (χ3v) is 3.81. The minimum absolute atomic E-state index is 0.0209. The van der Waals surface area contributed by atoms with E-state index in [9.17, 15) is 4.79 Å². The standard InChI is InChI=1S/C18H15NOS/c1-2-21-17-10-8-16(9-11-17)18(20)12-7-14-3-5-15(13-19)6-4-14/h3-12H,2H2,1H3. The number of thioether (sulfide) groups is 1. The van der Waals surface area contributed by atoms with E-state index >= 15 is 0 Å². The quantitative estimate of drug-likeness (QED) is 0.461. The molecule has 3 heteroatoms. The van der Waals surface area contributed by atoms with Crippen molar-refractivity contribution < 1.29 is 4.79 Å². The molecular formula is C18H15NOS. The van der Waals surface area contributed by atoms with E-state index in [2.05, 4.69) is 13.0 Å². The zero-order valence-electron chi connectivity index (χ0n) is 11.7. The van der Waals surface area contributed by atoms with Gasteiger partial charge in [0.1, 0.15) is 0 Å². The van der Waals surface area contributed by atoms with Crippen LogP contribution in [-0.2, 0) is 0 Å². The van der Waals surface area contributed by atoms with Crippen LogP contribution in [0.3, 0.4) is 0 Å². The maximum absolute atomic E-state index is 12.1. The maximum Gasteiger partial charge on any atom is 0.185 e. The minimum Gasteiger partial charge on any atom is -0.289 e. The molecule has 0 heterocycles. The van der Waals surface area contributed by atoms with Gasteiger partial charge in [-0.15, -0.1) is 11.8 Å². The second-order valence-electron chi connectivity index (χ2n) is 4.39. The monoisotopic (exact) mass is 293 g/mol. The fourth-order valence-electron chi connectivity index (χ4n) is 1.82. The summed E-state index contributed by atoms with van der Waals surface area (Å²) < 4.78 is 0. The highest BCUT2D eigenvalue weighted by Crippen LogP contribution is 2.18. The van der Waals surface area contributed by atoms with E-state index < -0.39 is 0 Å². The molecule has 0 fully saturated rings. The van der Waals surface area contributed by atoms with Crippen LogP contribution in [0.1, 0.15) is 28.4 Å². The third kappa shape index (κ3) is 4.34. The predicted octanol–water partition coefficient (Wildman–Crippen LogP) is 4.57. The molecule has 104 valence electrons. The number of carbonyl (C=O) groups is 1. The molecule has 0 saturated heterocycles. The second kappa shape index (κ2) is 7.47. The summed E-state index contributed by atoms with van der Waals surface area (Å²) in [6.45, 7) is 2.10. The van der Waals surface area contributed by atoms with Gasteiger partial charge >= 0.3 is 0 Å². The van der Waals surface area contributed by atoms with Gasteiger partial charge in [0, 0.05) is 10.5 Å².